The van der Waals surface area contributed by atoms with Gasteiger partial charge < -0.3 is 21.3 Å². The number of hydrogen-bond acceptors (Lipinski definition) is 6. The maximum atomic E-state index is 11.5. The number of pyridine rings is 1. The Bertz CT molecular complexity index is 971. The van der Waals surface area contributed by atoms with Crippen LogP contribution in [-0.2, 0) is 6.42 Å². The lowest BCUT2D eigenvalue weighted by atomic mass is 10.1. The Labute approximate surface area is 153 Å². The van der Waals surface area contributed by atoms with Gasteiger partial charge in [-0.15, -0.1) is 11.3 Å². The van der Waals surface area contributed by atoms with Gasteiger partial charge in [0.2, 0.25) is 0 Å². The number of fused-ring (bicyclic) bond motifs is 1. The molecule has 3 rings (SSSR count). The van der Waals surface area contributed by atoms with Crippen LogP contribution in [0.25, 0.3) is 10.2 Å². The lowest BCUT2D eigenvalue weighted by molar-refractivity contribution is 0.100. The summed E-state index contributed by atoms with van der Waals surface area (Å²) in [5, 5.41) is 9.97. The number of carbonyl (C=O) groups excluding carboxylic acids is 1. The van der Waals surface area contributed by atoms with Crippen LogP contribution in [0.1, 0.15) is 20.9 Å². The first kappa shape index (κ1) is 17.5. The fourth-order valence-electron chi connectivity index (χ4n) is 2.50. The molecule has 130 valence electrons. The molecule has 0 aliphatic rings. The van der Waals surface area contributed by atoms with E-state index in [1.165, 1.54) is 0 Å². The van der Waals surface area contributed by atoms with E-state index < -0.39 is 5.91 Å². The van der Waals surface area contributed by atoms with Crippen LogP contribution in [0.5, 0.6) is 11.5 Å². The van der Waals surface area contributed by atoms with Gasteiger partial charge in [0.1, 0.15) is 21.2 Å². The SMILES string of the molecule is Cc1cc(Oc2ccc(CCO)cc2Cl)c2c(N)c(C(N)=O)sc2n1. The number of hydrogen-bond donors (Lipinski definition) is 3. The highest BCUT2D eigenvalue weighted by atomic mass is 35.5. The van der Waals surface area contributed by atoms with Crippen molar-refractivity contribution in [3.8, 4) is 11.5 Å². The fourth-order valence-corrected chi connectivity index (χ4v) is 3.75. The van der Waals surface area contributed by atoms with E-state index >= 15 is 0 Å². The summed E-state index contributed by atoms with van der Waals surface area (Å²) in [6.07, 6.45) is 0.512. The number of aliphatic hydroxyl groups is 1. The Morgan fingerprint density at radius 1 is 1.36 bits per heavy atom. The zero-order valence-corrected chi connectivity index (χ0v) is 14.9. The number of carbonyl (C=O) groups is 1. The highest BCUT2D eigenvalue weighted by molar-refractivity contribution is 7.21. The lowest BCUT2D eigenvalue weighted by Gasteiger charge is -2.11. The number of nitrogen functional groups attached to an aromatic ring is 1. The summed E-state index contributed by atoms with van der Waals surface area (Å²) >= 11 is 7.41. The fraction of sp³-hybridized carbons (Fsp3) is 0.176. The maximum absolute atomic E-state index is 11.5. The molecule has 0 atom stereocenters. The van der Waals surface area contributed by atoms with Crippen LogP contribution in [0.15, 0.2) is 24.3 Å². The smallest absolute Gasteiger partial charge is 0.260 e. The summed E-state index contributed by atoms with van der Waals surface area (Å²) in [7, 11) is 0. The van der Waals surface area contributed by atoms with E-state index in [1.54, 1.807) is 18.2 Å². The van der Waals surface area contributed by atoms with Gasteiger partial charge in [-0.25, -0.2) is 4.98 Å². The molecule has 0 radical (unpaired) electrons. The minimum absolute atomic E-state index is 0.0437. The number of anilines is 1. The third-order valence-electron chi connectivity index (χ3n) is 3.63. The zero-order chi connectivity index (χ0) is 18.1. The Balaban J connectivity index is 2.08. The monoisotopic (exact) mass is 377 g/mol. The van der Waals surface area contributed by atoms with Gasteiger partial charge in [-0.3, -0.25) is 4.79 Å². The predicted molar refractivity (Wildman–Crippen MR) is 99.6 cm³/mol. The van der Waals surface area contributed by atoms with E-state index in [2.05, 4.69) is 4.98 Å². The van der Waals surface area contributed by atoms with Gasteiger partial charge in [-0.05, 0) is 31.0 Å². The second-order valence-electron chi connectivity index (χ2n) is 5.49. The molecule has 0 bridgehead atoms. The van der Waals surface area contributed by atoms with E-state index in [1.807, 2.05) is 13.0 Å². The molecule has 1 aromatic carbocycles. The van der Waals surface area contributed by atoms with Crippen LogP contribution in [-0.4, -0.2) is 22.6 Å². The van der Waals surface area contributed by atoms with Crippen molar-refractivity contribution in [3.63, 3.8) is 0 Å². The van der Waals surface area contributed by atoms with E-state index in [0.29, 0.717) is 38.9 Å². The zero-order valence-electron chi connectivity index (χ0n) is 13.4. The predicted octanol–water partition coefficient (Wildman–Crippen LogP) is 3.27. The molecular weight excluding hydrogens is 362 g/mol. The quantitative estimate of drug-likeness (QED) is 0.631. The van der Waals surface area contributed by atoms with Gasteiger partial charge in [0.15, 0.2) is 0 Å². The molecule has 5 N–H and O–H groups in total. The minimum Gasteiger partial charge on any atom is -0.455 e. The van der Waals surface area contributed by atoms with Crippen LogP contribution in [0, 0.1) is 6.92 Å². The van der Waals surface area contributed by atoms with Gasteiger partial charge in [-0.1, -0.05) is 17.7 Å². The molecular formula is C17H16ClN3O3S. The number of thiophene rings is 1. The van der Waals surface area contributed by atoms with Crippen molar-refractivity contribution >= 4 is 44.7 Å². The number of aliphatic hydroxyl groups excluding tert-OH is 1. The largest absolute Gasteiger partial charge is 0.455 e. The van der Waals surface area contributed by atoms with Gasteiger partial charge in [0.05, 0.1) is 16.1 Å². The molecule has 0 fully saturated rings. The second kappa shape index (κ2) is 6.87. The van der Waals surface area contributed by atoms with Crippen LogP contribution < -0.4 is 16.2 Å². The van der Waals surface area contributed by atoms with Crippen LogP contribution in [0.4, 0.5) is 5.69 Å². The molecule has 25 heavy (non-hydrogen) atoms. The Morgan fingerprint density at radius 2 is 2.12 bits per heavy atom. The first-order chi connectivity index (χ1) is 11.9. The van der Waals surface area contributed by atoms with Gasteiger partial charge >= 0.3 is 0 Å². The normalized spacial score (nSPS) is 11.0. The molecule has 6 nitrogen and oxygen atoms in total. The van der Waals surface area contributed by atoms with Crippen molar-refractivity contribution in [2.45, 2.75) is 13.3 Å². The summed E-state index contributed by atoms with van der Waals surface area (Å²) in [6, 6.07) is 7.03. The molecule has 2 heterocycles. The summed E-state index contributed by atoms with van der Waals surface area (Å²) in [6.45, 7) is 1.86. The molecule has 0 spiro atoms. The summed E-state index contributed by atoms with van der Waals surface area (Å²) in [5.41, 5.74) is 13.3. The lowest BCUT2D eigenvalue weighted by Crippen LogP contribution is -2.10. The van der Waals surface area contributed by atoms with Crippen LogP contribution in [0.3, 0.4) is 0 Å². The molecule has 0 unspecified atom stereocenters. The van der Waals surface area contributed by atoms with Gasteiger partial charge in [0, 0.05) is 18.4 Å². The molecule has 0 aliphatic carbocycles. The van der Waals surface area contributed by atoms with Crippen molar-refractivity contribution in [1.82, 2.24) is 4.98 Å². The van der Waals surface area contributed by atoms with Crippen LogP contribution in [0.2, 0.25) is 5.02 Å². The first-order valence-corrected chi connectivity index (χ1v) is 8.66. The van der Waals surface area contributed by atoms with Gasteiger partial charge in [-0.2, -0.15) is 0 Å². The average Bonchev–Trinajstić information content (AvgIpc) is 2.87. The molecule has 1 amide bonds. The Morgan fingerprint density at radius 3 is 2.76 bits per heavy atom. The summed E-state index contributed by atoms with van der Waals surface area (Å²) < 4.78 is 5.95. The summed E-state index contributed by atoms with van der Waals surface area (Å²) in [5.74, 6) is 0.303. The Kier molecular flexibility index (Phi) is 4.80. The van der Waals surface area contributed by atoms with Crippen molar-refractivity contribution in [1.29, 1.82) is 0 Å². The molecule has 0 saturated carbocycles. The molecule has 0 aliphatic heterocycles. The number of primary amides is 1. The van der Waals surface area contributed by atoms with Crippen molar-refractivity contribution in [2.75, 3.05) is 12.3 Å². The van der Waals surface area contributed by atoms with Crippen molar-refractivity contribution < 1.29 is 14.6 Å². The van der Waals surface area contributed by atoms with E-state index in [9.17, 15) is 4.79 Å². The number of ether oxygens (including phenoxy) is 1. The molecule has 8 heteroatoms. The number of aromatic nitrogens is 1. The maximum Gasteiger partial charge on any atom is 0.260 e. The first-order valence-electron chi connectivity index (χ1n) is 7.47. The third-order valence-corrected chi connectivity index (χ3v) is 5.04. The highest BCUT2D eigenvalue weighted by Gasteiger charge is 2.20. The average molecular weight is 378 g/mol. The van der Waals surface area contributed by atoms with Crippen LogP contribution >= 0.6 is 22.9 Å². The third kappa shape index (κ3) is 3.39. The van der Waals surface area contributed by atoms with Gasteiger partial charge in [0.25, 0.3) is 5.91 Å². The minimum atomic E-state index is -0.601. The number of halogens is 1. The number of benzene rings is 1. The number of aryl methyl sites for hydroxylation is 1. The van der Waals surface area contributed by atoms with E-state index in [-0.39, 0.29) is 17.2 Å². The Hall–Kier alpha value is -2.35. The number of nitrogens with zero attached hydrogens (tertiary/aromatic N) is 1. The topological polar surface area (TPSA) is 111 Å². The van der Waals surface area contributed by atoms with E-state index in [4.69, 9.17) is 32.9 Å². The van der Waals surface area contributed by atoms with Crippen molar-refractivity contribution in [3.05, 3.63) is 45.4 Å². The number of amides is 1. The molecule has 3 aromatic rings. The second-order valence-corrected chi connectivity index (χ2v) is 6.90. The highest BCUT2D eigenvalue weighted by Crippen LogP contribution is 2.41. The summed E-state index contributed by atoms with van der Waals surface area (Å²) in [4.78, 5) is 16.8. The molecule has 0 saturated heterocycles. The molecule has 2 aromatic heterocycles. The number of nitrogens with two attached hydrogens (primary N) is 2. The van der Waals surface area contributed by atoms with Crippen molar-refractivity contribution in [2.24, 2.45) is 5.73 Å². The number of rotatable bonds is 5. The van der Waals surface area contributed by atoms with E-state index in [0.717, 1.165) is 16.9 Å². The standard InChI is InChI=1S/C17H16ClN3O3S/c1-8-6-12(13-14(19)15(16(20)23)25-17(13)21-8)24-11-3-2-9(4-5-22)7-10(11)18/h2-3,6-7,22H,4-5,19H2,1H3,(H2,20,23).